The Balaban J connectivity index is 1.79. The molecule has 0 aromatic carbocycles. The summed E-state index contributed by atoms with van der Waals surface area (Å²) in [7, 11) is 0. The zero-order valence-electron chi connectivity index (χ0n) is 9.61. The van der Waals surface area contributed by atoms with E-state index in [-0.39, 0.29) is 0 Å². The predicted octanol–water partition coefficient (Wildman–Crippen LogP) is 2.78. The first kappa shape index (κ1) is 10.6. The molecule has 1 aliphatic rings. The van der Waals surface area contributed by atoms with E-state index in [0.717, 1.165) is 24.1 Å². The van der Waals surface area contributed by atoms with Crippen molar-refractivity contribution in [1.29, 1.82) is 0 Å². The Morgan fingerprint density at radius 1 is 1.40 bits per heavy atom. The lowest BCUT2D eigenvalue weighted by atomic mass is 10.1. The van der Waals surface area contributed by atoms with Crippen molar-refractivity contribution in [2.45, 2.75) is 32.7 Å². The second kappa shape index (κ2) is 4.75. The molecule has 1 fully saturated rings. The minimum atomic E-state index is 0.368. The normalized spacial score (nSPS) is 19.9. The van der Waals surface area contributed by atoms with Crippen molar-refractivity contribution >= 4 is 0 Å². The largest absolute Gasteiger partial charge is 0.309 e. The van der Waals surface area contributed by atoms with Crippen LogP contribution in [0.5, 0.6) is 0 Å². The van der Waals surface area contributed by atoms with Crippen LogP contribution in [0.2, 0.25) is 0 Å². The van der Waals surface area contributed by atoms with E-state index >= 15 is 0 Å². The molecule has 0 amide bonds. The van der Waals surface area contributed by atoms with Crippen LogP contribution in [0, 0.1) is 11.8 Å². The van der Waals surface area contributed by atoms with Crippen molar-refractivity contribution in [3.8, 4) is 0 Å². The number of hydrogen-bond acceptors (Lipinski definition) is 2. The van der Waals surface area contributed by atoms with E-state index in [9.17, 15) is 0 Å². The molecule has 0 radical (unpaired) electrons. The van der Waals surface area contributed by atoms with Gasteiger partial charge in [-0.1, -0.05) is 13.0 Å². The molecule has 0 saturated heterocycles. The Kier molecular flexibility index (Phi) is 3.37. The highest BCUT2D eigenvalue weighted by Crippen LogP contribution is 2.36. The summed E-state index contributed by atoms with van der Waals surface area (Å²) in [5, 5.41) is 3.56. The number of hydrogen-bond donors (Lipinski definition) is 1. The monoisotopic (exact) mass is 204 g/mol. The topological polar surface area (TPSA) is 24.9 Å². The molecule has 0 bridgehead atoms. The van der Waals surface area contributed by atoms with Gasteiger partial charge in [0.2, 0.25) is 0 Å². The Morgan fingerprint density at radius 2 is 2.20 bits per heavy atom. The molecule has 1 N–H and O–H groups in total. The van der Waals surface area contributed by atoms with E-state index in [4.69, 9.17) is 0 Å². The lowest BCUT2D eigenvalue weighted by Crippen LogP contribution is -2.25. The van der Waals surface area contributed by atoms with Crippen molar-refractivity contribution in [2.24, 2.45) is 11.8 Å². The van der Waals surface area contributed by atoms with Gasteiger partial charge in [-0.25, -0.2) is 0 Å². The molecule has 2 unspecified atom stereocenters. The smallest absolute Gasteiger partial charge is 0.0570 e. The molecule has 15 heavy (non-hydrogen) atoms. The van der Waals surface area contributed by atoms with Crippen molar-refractivity contribution in [3.63, 3.8) is 0 Å². The van der Waals surface area contributed by atoms with Gasteiger partial charge in [0.15, 0.2) is 0 Å². The molecule has 1 aliphatic carbocycles. The highest BCUT2D eigenvalue weighted by molar-refractivity contribution is 5.07. The number of nitrogens with one attached hydrogen (secondary N) is 1. The quantitative estimate of drug-likeness (QED) is 0.797. The predicted molar refractivity (Wildman–Crippen MR) is 62.5 cm³/mol. The zero-order chi connectivity index (χ0) is 10.7. The highest BCUT2D eigenvalue weighted by atomic mass is 14.9. The number of aromatic nitrogens is 1. The molecule has 1 saturated carbocycles. The van der Waals surface area contributed by atoms with Gasteiger partial charge in [-0.2, -0.15) is 0 Å². The van der Waals surface area contributed by atoms with E-state index < -0.39 is 0 Å². The zero-order valence-corrected chi connectivity index (χ0v) is 9.61. The maximum Gasteiger partial charge on any atom is 0.0570 e. The summed E-state index contributed by atoms with van der Waals surface area (Å²) >= 11 is 0. The van der Waals surface area contributed by atoms with Gasteiger partial charge in [0.25, 0.3) is 0 Å². The fraction of sp³-hybridized carbons (Fsp3) is 0.615. The number of rotatable bonds is 5. The average molecular weight is 204 g/mol. The molecule has 0 spiro atoms. The number of pyridine rings is 1. The molecule has 1 aromatic rings. The molecule has 2 heteroatoms. The molecule has 0 aliphatic heterocycles. The number of nitrogens with zero attached hydrogens (tertiary/aromatic N) is 1. The van der Waals surface area contributed by atoms with Crippen LogP contribution in [-0.4, -0.2) is 11.5 Å². The van der Waals surface area contributed by atoms with Crippen LogP contribution < -0.4 is 5.32 Å². The molecule has 82 valence electrons. The summed E-state index contributed by atoms with van der Waals surface area (Å²) in [6.07, 6.45) is 4.72. The van der Waals surface area contributed by atoms with Gasteiger partial charge in [-0.3, -0.25) is 4.98 Å². The lowest BCUT2D eigenvalue weighted by molar-refractivity contribution is 0.428. The SMILES string of the molecule is CC(NCC(C)C1CC1)c1ccccn1. The van der Waals surface area contributed by atoms with Crippen LogP contribution in [0.15, 0.2) is 24.4 Å². The standard InChI is InChI=1S/C13H20N2/c1-10(12-6-7-12)9-15-11(2)13-5-3-4-8-14-13/h3-5,8,10-12,15H,6-7,9H2,1-2H3. The maximum atomic E-state index is 4.35. The van der Waals surface area contributed by atoms with Gasteiger partial charge < -0.3 is 5.32 Å². The van der Waals surface area contributed by atoms with Crippen LogP contribution in [-0.2, 0) is 0 Å². The Morgan fingerprint density at radius 3 is 2.80 bits per heavy atom. The molecule has 1 heterocycles. The van der Waals surface area contributed by atoms with Gasteiger partial charge in [-0.05, 0) is 50.3 Å². The summed E-state index contributed by atoms with van der Waals surface area (Å²) in [5.74, 6) is 1.80. The van der Waals surface area contributed by atoms with E-state index in [1.807, 2.05) is 18.3 Å². The summed E-state index contributed by atoms with van der Waals surface area (Å²) in [6, 6.07) is 6.46. The first-order valence-corrected chi connectivity index (χ1v) is 5.91. The Labute approximate surface area is 92.1 Å². The van der Waals surface area contributed by atoms with Gasteiger partial charge >= 0.3 is 0 Å². The van der Waals surface area contributed by atoms with Crippen molar-refractivity contribution < 1.29 is 0 Å². The Hall–Kier alpha value is -0.890. The summed E-state index contributed by atoms with van der Waals surface area (Å²) < 4.78 is 0. The lowest BCUT2D eigenvalue weighted by Gasteiger charge is -2.16. The molecule has 1 aromatic heterocycles. The minimum Gasteiger partial charge on any atom is -0.309 e. The molecule has 2 nitrogen and oxygen atoms in total. The third kappa shape index (κ3) is 3.03. The third-order valence-corrected chi connectivity index (χ3v) is 3.30. The Bertz CT molecular complexity index is 293. The second-order valence-electron chi connectivity index (χ2n) is 4.70. The van der Waals surface area contributed by atoms with Crippen LogP contribution in [0.1, 0.15) is 38.4 Å². The van der Waals surface area contributed by atoms with E-state index in [1.165, 1.54) is 12.8 Å². The minimum absolute atomic E-state index is 0.368. The fourth-order valence-electron chi connectivity index (χ4n) is 1.93. The maximum absolute atomic E-state index is 4.35. The molecule has 2 atom stereocenters. The fourth-order valence-corrected chi connectivity index (χ4v) is 1.93. The van der Waals surface area contributed by atoms with E-state index in [0.29, 0.717) is 6.04 Å². The van der Waals surface area contributed by atoms with Crippen LogP contribution in [0.4, 0.5) is 0 Å². The van der Waals surface area contributed by atoms with Gasteiger partial charge in [0, 0.05) is 12.2 Å². The van der Waals surface area contributed by atoms with E-state index in [2.05, 4.69) is 30.2 Å². The second-order valence-corrected chi connectivity index (χ2v) is 4.70. The van der Waals surface area contributed by atoms with Crippen molar-refractivity contribution in [1.82, 2.24) is 10.3 Å². The third-order valence-electron chi connectivity index (χ3n) is 3.30. The summed E-state index contributed by atoms with van der Waals surface area (Å²) in [4.78, 5) is 4.35. The molecular formula is C13H20N2. The first-order valence-electron chi connectivity index (χ1n) is 5.91. The van der Waals surface area contributed by atoms with Crippen molar-refractivity contribution in [2.75, 3.05) is 6.54 Å². The summed E-state index contributed by atoms with van der Waals surface area (Å²) in [6.45, 7) is 5.64. The molecular weight excluding hydrogens is 184 g/mol. The van der Waals surface area contributed by atoms with Gasteiger partial charge in [0.1, 0.15) is 0 Å². The van der Waals surface area contributed by atoms with E-state index in [1.54, 1.807) is 0 Å². The van der Waals surface area contributed by atoms with Gasteiger partial charge in [0.05, 0.1) is 5.69 Å². The average Bonchev–Trinajstić information content (AvgIpc) is 3.10. The van der Waals surface area contributed by atoms with Crippen LogP contribution in [0.25, 0.3) is 0 Å². The van der Waals surface area contributed by atoms with Crippen LogP contribution in [0.3, 0.4) is 0 Å². The summed E-state index contributed by atoms with van der Waals surface area (Å²) in [5.41, 5.74) is 1.14. The first-order chi connectivity index (χ1) is 7.27. The highest BCUT2D eigenvalue weighted by Gasteiger charge is 2.27. The van der Waals surface area contributed by atoms with Crippen molar-refractivity contribution in [3.05, 3.63) is 30.1 Å². The molecule has 2 rings (SSSR count). The van der Waals surface area contributed by atoms with Gasteiger partial charge in [-0.15, -0.1) is 0 Å². The van der Waals surface area contributed by atoms with Crippen LogP contribution >= 0.6 is 0 Å².